The molecule has 2 aliphatic rings. The number of nitrogens with zero attached hydrogens (tertiary/aromatic N) is 1. The molecule has 4 nitrogen and oxygen atoms in total. The van der Waals surface area contributed by atoms with E-state index in [9.17, 15) is 4.79 Å². The first-order chi connectivity index (χ1) is 11.7. The first-order valence-electron chi connectivity index (χ1n) is 9.54. The molecule has 2 fully saturated rings. The van der Waals surface area contributed by atoms with Gasteiger partial charge in [-0.25, -0.2) is 0 Å². The quantitative estimate of drug-likeness (QED) is 0.854. The number of hydrogen-bond donors (Lipinski definition) is 1. The molecule has 0 radical (unpaired) electrons. The second kappa shape index (κ2) is 8.52. The van der Waals surface area contributed by atoms with E-state index in [0.29, 0.717) is 0 Å². The number of piperazine rings is 1. The van der Waals surface area contributed by atoms with Crippen molar-refractivity contribution in [2.45, 2.75) is 51.5 Å². The number of nitrogens with one attached hydrogen (secondary N) is 1. The average molecular weight is 331 g/mol. The van der Waals surface area contributed by atoms with E-state index in [1.165, 1.54) is 44.1 Å². The zero-order valence-electron chi connectivity index (χ0n) is 14.9. The van der Waals surface area contributed by atoms with Gasteiger partial charge in [0.2, 0.25) is 0 Å². The van der Waals surface area contributed by atoms with Gasteiger partial charge in [0.25, 0.3) is 5.91 Å². The lowest BCUT2D eigenvalue weighted by molar-refractivity contribution is -0.929. The zero-order chi connectivity index (χ0) is 16.8. The molecule has 4 heteroatoms. The second-order valence-electron chi connectivity index (χ2n) is 7.33. The van der Waals surface area contributed by atoms with Crippen LogP contribution in [0.25, 0.3) is 0 Å². The molecule has 1 aliphatic heterocycles. The Kier molecular flexibility index (Phi) is 6.13. The van der Waals surface area contributed by atoms with Gasteiger partial charge >= 0.3 is 0 Å². The zero-order valence-corrected chi connectivity index (χ0v) is 14.9. The maximum Gasteiger partial charge on any atom is 0.260 e. The smallest absolute Gasteiger partial charge is 0.260 e. The lowest BCUT2D eigenvalue weighted by Crippen LogP contribution is -3.18. The lowest BCUT2D eigenvalue weighted by Gasteiger charge is -2.36. The van der Waals surface area contributed by atoms with Crippen molar-refractivity contribution in [1.29, 1.82) is 0 Å². The number of ether oxygens (including phenoxy) is 1. The monoisotopic (exact) mass is 331 g/mol. The normalized spacial score (nSPS) is 20.6. The van der Waals surface area contributed by atoms with Crippen molar-refractivity contribution < 1.29 is 14.4 Å². The third kappa shape index (κ3) is 4.73. The highest BCUT2D eigenvalue weighted by Gasteiger charge is 2.29. The summed E-state index contributed by atoms with van der Waals surface area (Å²) in [4.78, 5) is 16.1. The molecule has 1 saturated carbocycles. The van der Waals surface area contributed by atoms with Crippen LogP contribution in [-0.2, 0) is 4.79 Å². The Morgan fingerprint density at radius 1 is 1.08 bits per heavy atom. The summed E-state index contributed by atoms with van der Waals surface area (Å²) >= 11 is 0. The number of carbonyl (C=O) groups excluding carboxylic acids is 1. The average Bonchev–Trinajstić information content (AvgIpc) is 2.90. The number of quaternary nitrogens is 1. The van der Waals surface area contributed by atoms with Crippen LogP contribution in [0.4, 0.5) is 0 Å². The Bertz CT molecular complexity index is 513. The molecule has 1 heterocycles. The lowest BCUT2D eigenvalue weighted by atomic mass is 10.1. The number of benzene rings is 1. The number of hydrogen-bond acceptors (Lipinski definition) is 2. The highest BCUT2D eigenvalue weighted by Crippen LogP contribution is 2.16. The van der Waals surface area contributed by atoms with Crippen LogP contribution in [0.15, 0.2) is 24.3 Å². The Hall–Kier alpha value is -1.55. The van der Waals surface area contributed by atoms with Gasteiger partial charge in [0.05, 0.1) is 32.2 Å². The largest absolute Gasteiger partial charge is 0.484 e. The van der Waals surface area contributed by atoms with E-state index >= 15 is 0 Å². The molecule has 1 aromatic carbocycles. The molecule has 1 saturated heterocycles. The summed E-state index contributed by atoms with van der Waals surface area (Å²) in [6.45, 7) is 6.15. The molecule has 0 bridgehead atoms. The third-order valence-electron chi connectivity index (χ3n) is 5.57. The maximum atomic E-state index is 12.4. The molecule has 0 atom stereocenters. The van der Waals surface area contributed by atoms with Gasteiger partial charge in [0, 0.05) is 0 Å². The molecule has 1 amide bonds. The van der Waals surface area contributed by atoms with E-state index in [2.05, 4.69) is 0 Å². The number of carbonyl (C=O) groups is 1. The maximum absolute atomic E-state index is 12.4. The molecule has 3 rings (SSSR count). The summed E-state index contributed by atoms with van der Waals surface area (Å²) < 4.78 is 5.64. The molecule has 1 aromatic rings. The Balaban J connectivity index is 1.42. The number of amides is 1. The van der Waals surface area contributed by atoms with E-state index in [-0.39, 0.29) is 12.5 Å². The van der Waals surface area contributed by atoms with Crippen LogP contribution >= 0.6 is 0 Å². The standard InChI is InChI=1S/C20H30N2O2/c1-17-8-10-19(11-9-17)24-16-20(23)22-14-12-21(13-15-22)18-6-4-2-3-5-7-18/h8-11,18H,2-7,12-16H2,1H3/p+1. The molecule has 1 aliphatic carbocycles. The van der Waals surface area contributed by atoms with E-state index in [4.69, 9.17) is 4.74 Å². The fraction of sp³-hybridized carbons (Fsp3) is 0.650. The minimum Gasteiger partial charge on any atom is -0.484 e. The van der Waals surface area contributed by atoms with Crippen molar-refractivity contribution in [3.05, 3.63) is 29.8 Å². The minimum absolute atomic E-state index is 0.121. The first-order valence-corrected chi connectivity index (χ1v) is 9.54. The molecule has 1 N–H and O–H groups in total. The molecule has 0 spiro atoms. The van der Waals surface area contributed by atoms with Crippen LogP contribution in [-0.4, -0.2) is 49.6 Å². The summed E-state index contributed by atoms with van der Waals surface area (Å²) in [5.41, 5.74) is 1.20. The minimum atomic E-state index is 0.121. The van der Waals surface area contributed by atoms with Crippen LogP contribution in [0.3, 0.4) is 0 Å². The molecule has 24 heavy (non-hydrogen) atoms. The van der Waals surface area contributed by atoms with Crippen LogP contribution in [0.1, 0.15) is 44.1 Å². The van der Waals surface area contributed by atoms with Crippen molar-refractivity contribution in [2.24, 2.45) is 0 Å². The molecular weight excluding hydrogens is 300 g/mol. The van der Waals surface area contributed by atoms with E-state index in [1.807, 2.05) is 36.1 Å². The predicted molar refractivity (Wildman–Crippen MR) is 95.4 cm³/mol. The van der Waals surface area contributed by atoms with Crippen molar-refractivity contribution >= 4 is 5.91 Å². The highest BCUT2D eigenvalue weighted by atomic mass is 16.5. The van der Waals surface area contributed by atoms with E-state index < -0.39 is 0 Å². The SMILES string of the molecule is Cc1ccc(OCC(=O)N2CC[NH+](C3CCCCCC3)CC2)cc1. The highest BCUT2D eigenvalue weighted by molar-refractivity contribution is 5.77. The van der Waals surface area contributed by atoms with Gasteiger partial charge in [-0.2, -0.15) is 0 Å². The van der Waals surface area contributed by atoms with Gasteiger partial charge in [-0.3, -0.25) is 4.79 Å². The molecule has 0 aromatic heterocycles. The van der Waals surface area contributed by atoms with E-state index in [1.54, 1.807) is 4.90 Å². The van der Waals surface area contributed by atoms with Crippen LogP contribution in [0, 0.1) is 6.92 Å². The Labute approximate surface area is 145 Å². The summed E-state index contributed by atoms with van der Waals surface area (Å²) in [5, 5.41) is 0. The Morgan fingerprint density at radius 2 is 1.71 bits per heavy atom. The van der Waals surface area contributed by atoms with E-state index in [0.717, 1.165) is 38.0 Å². The number of rotatable bonds is 4. The number of aryl methyl sites for hydroxylation is 1. The fourth-order valence-corrected chi connectivity index (χ4v) is 4.01. The molecule has 0 unspecified atom stereocenters. The van der Waals surface area contributed by atoms with Crippen molar-refractivity contribution in [3.63, 3.8) is 0 Å². The summed E-state index contributed by atoms with van der Waals surface area (Å²) in [6.07, 6.45) is 8.34. The van der Waals surface area contributed by atoms with Gasteiger partial charge in [0.1, 0.15) is 5.75 Å². The fourth-order valence-electron chi connectivity index (χ4n) is 4.01. The van der Waals surface area contributed by atoms with Crippen molar-refractivity contribution in [3.8, 4) is 5.75 Å². The topological polar surface area (TPSA) is 34.0 Å². The Morgan fingerprint density at radius 3 is 2.33 bits per heavy atom. The summed E-state index contributed by atoms with van der Waals surface area (Å²) in [7, 11) is 0. The summed E-state index contributed by atoms with van der Waals surface area (Å²) in [6, 6.07) is 8.70. The predicted octanol–water partition coefficient (Wildman–Crippen LogP) is 1.82. The van der Waals surface area contributed by atoms with Gasteiger partial charge in [-0.1, -0.05) is 30.5 Å². The van der Waals surface area contributed by atoms with Crippen LogP contribution < -0.4 is 9.64 Å². The van der Waals surface area contributed by atoms with Crippen LogP contribution in [0.5, 0.6) is 5.75 Å². The van der Waals surface area contributed by atoms with Gasteiger partial charge in [0.15, 0.2) is 6.61 Å². The second-order valence-corrected chi connectivity index (χ2v) is 7.33. The third-order valence-corrected chi connectivity index (χ3v) is 5.57. The van der Waals surface area contributed by atoms with Crippen molar-refractivity contribution in [2.75, 3.05) is 32.8 Å². The molecular formula is C20H31N2O2+. The van der Waals surface area contributed by atoms with Gasteiger partial charge in [-0.15, -0.1) is 0 Å². The van der Waals surface area contributed by atoms with Gasteiger partial charge < -0.3 is 14.5 Å². The van der Waals surface area contributed by atoms with Gasteiger partial charge in [-0.05, 0) is 44.7 Å². The summed E-state index contributed by atoms with van der Waals surface area (Å²) in [5.74, 6) is 0.896. The first kappa shape index (κ1) is 17.3. The molecule has 132 valence electrons. The van der Waals surface area contributed by atoms with Crippen molar-refractivity contribution in [1.82, 2.24) is 4.90 Å². The van der Waals surface area contributed by atoms with Crippen LogP contribution in [0.2, 0.25) is 0 Å².